The molecule has 1 heterocycles. The number of thiazole rings is 1. The molecule has 0 aliphatic heterocycles. The zero-order valence-electron chi connectivity index (χ0n) is 13.9. The summed E-state index contributed by atoms with van der Waals surface area (Å²) in [5.41, 5.74) is 3.11. The first-order valence-corrected chi connectivity index (χ1v) is 8.54. The van der Waals surface area contributed by atoms with Crippen LogP contribution in [-0.4, -0.2) is 25.2 Å². The number of benzene rings is 2. The van der Waals surface area contributed by atoms with E-state index in [1.807, 2.05) is 60.0 Å². The fraction of sp³-hybridized carbons (Fsp3) is 0.100. The Morgan fingerprint density at radius 2 is 1.88 bits per heavy atom. The van der Waals surface area contributed by atoms with Crippen LogP contribution in [0.4, 0.5) is 0 Å². The van der Waals surface area contributed by atoms with Crippen LogP contribution in [0.15, 0.2) is 60.0 Å². The summed E-state index contributed by atoms with van der Waals surface area (Å²) in [4.78, 5) is 16.9. The number of methoxy groups -OCH3 is 2. The van der Waals surface area contributed by atoms with Crippen LogP contribution >= 0.6 is 11.3 Å². The van der Waals surface area contributed by atoms with Gasteiger partial charge in [-0.25, -0.2) is 9.78 Å². The second kappa shape index (κ2) is 7.77. The molecule has 3 aromatic rings. The van der Waals surface area contributed by atoms with Gasteiger partial charge in [0.15, 0.2) is 0 Å². The maximum atomic E-state index is 12.3. The lowest BCUT2D eigenvalue weighted by atomic mass is 10.1. The van der Waals surface area contributed by atoms with E-state index in [-0.39, 0.29) is 0 Å². The van der Waals surface area contributed by atoms with Gasteiger partial charge in [-0.3, -0.25) is 0 Å². The summed E-state index contributed by atoms with van der Waals surface area (Å²) in [5, 5.41) is 2.56. The standard InChI is InChI=1S/C20H17NO3S/c1-23-16-10-6-7-14(11-16)12-17(20(22)24-2)19-21-18(13-25-19)15-8-4-3-5-9-15/h3-13H,1-2H3/b17-12-. The molecule has 0 fully saturated rings. The van der Waals surface area contributed by atoms with Crippen LogP contribution in [0, 0.1) is 0 Å². The van der Waals surface area contributed by atoms with Crippen LogP contribution < -0.4 is 4.74 Å². The Morgan fingerprint density at radius 3 is 2.60 bits per heavy atom. The van der Waals surface area contributed by atoms with E-state index in [0.29, 0.717) is 10.6 Å². The van der Waals surface area contributed by atoms with Gasteiger partial charge in [-0.15, -0.1) is 11.3 Å². The number of hydrogen-bond donors (Lipinski definition) is 0. The fourth-order valence-electron chi connectivity index (χ4n) is 2.35. The van der Waals surface area contributed by atoms with Crippen molar-refractivity contribution < 1.29 is 14.3 Å². The van der Waals surface area contributed by atoms with Crippen LogP contribution in [-0.2, 0) is 9.53 Å². The highest BCUT2D eigenvalue weighted by molar-refractivity contribution is 7.11. The zero-order chi connectivity index (χ0) is 17.6. The van der Waals surface area contributed by atoms with Crippen molar-refractivity contribution in [2.45, 2.75) is 0 Å². The number of hydrogen-bond acceptors (Lipinski definition) is 5. The summed E-state index contributed by atoms with van der Waals surface area (Å²) in [6.07, 6.45) is 1.77. The summed E-state index contributed by atoms with van der Waals surface area (Å²) in [7, 11) is 2.98. The molecule has 0 atom stereocenters. The largest absolute Gasteiger partial charge is 0.497 e. The Hall–Kier alpha value is -2.92. The predicted molar refractivity (Wildman–Crippen MR) is 100 cm³/mol. The highest BCUT2D eigenvalue weighted by Gasteiger charge is 2.17. The minimum Gasteiger partial charge on any atom is -0.497 e. The summed E-state index contributed by atoms with van der Waals surface area (Å²) in [5.74, 6) is 0.305. The Balaban J connectivity index is 2.00. The maximum absolute atomic E-state index is 12.3. The maximum Gasteiger partial charge on any atom is 0.340 e. The number of rotatable bonds is 5. The van der Waals surface area contributed by atoms with E-state index >= 15 is 0 Å². The molecule has 1 aromatic heterocycles. The molecule has 25 heavy (non-hydrogen) atoms. The zero-order valence-corrected chi connectivity index (χ0v) is 14.7. The van der Waals surface area contributed by atoms with Crippen molar-refractivity contribution in [3.8, 4) is 17.0 Å². The number of ether oxygens (including phenoxy) is 2. The minimum absolute atomic E-state index is 0.419. The number of esters is 1. The van der Waals surface area contributed by atoms with Gasteiger partial charge in [0.25, 0.3) is 0 Å². The smallest absolute Gasteiger partial charge is 0.340 e. The average molecular weight is 351 g/mol. The number of nitrogens with zero attached hydrogens (tertiary/aromatic N) is 1. The van der Waals surface area contributed by atoms with Crippen LogP contribution in [0.5, 0.6) is 5.75 Å². The lowest BCUT2D eigenvalue weighted by molar-refractivity contribution is -0.133. The number of aromatic nitrogens is 1. The van der Waals surface area contributed by atoms with Gasteiger partial charge in [-0.05, 0) is 23.8 Å². The first-order valence-electron chi connectivity index (χ1n) is 7.66. The van der Waals surface area contributed by atoms with Gasteiger partial charge in [0.05, 0.1) is 25.5 Å². The van der Waals surface area contributed by atoms with E-state index in [1.165, 1.54) is 18.4 Å². The molecule has 2 aromatic carbocycles. The molecular formula is C20H17NO3S. The lowest BCUT2D eigenvalue weighted by Crippen LogP contribution is -2.03. The molecule has 0 saturated carbocycles. The Kier molecular flexibility index (Phi) is 5.26. The molecule has 0 amide bonds. The molecule has 0 bridgehead atoms. The van der Waals surface area contributed by atoms with E-state index in [2.05, 4.69) is 4.98 Å². The number of carbonyl (C=O) groups is 1. The van der Waals surface area contributed by atoms with Gasteiger partial charge in [0.1, 0.15) is 10.8 Å². The third kappa shape index (κ3) is 3.95. The van der Waals surface area contributed by atoms with Crippen LogP contribution in [0.2, 0.25) is 0 Å². The summed E-state index contributed by atoms with van der Waals surface area (Å²) < 4.78 is 10.2. The van der Waals surface area contributed by atoms with E-state index in [1.54, 1.807) is 13.2 Å². The van der Waals surface area contributed by atoms with Crippen LogP contribution in [0.25, 0.3) is 22.9 Å². The van der Waals surface area contributed by atoms with Gasteiger partial charge >= 0.3 is 5.97 Å². The van der Waals surface area contributed by atoms with Gasteiger partial charge in [0, 0.05) is 10.9 Å². The topological polar surface area (TPSA) is 48.4 Å². The molecule has 126 valence electrons. The van der Waals surface area contributed by atoms with E-state index in [4.69, 9.17) is 9.47 Å². The molecule has 0 radical (unpaired) electrons. The highest BCUT2D eigenvalue weighted by Crippen LogP contribution is 2.28. The van der Waals surface area contributed by atoms with E-state index in [0.717, 1.165) is 22.6 Å². The van der Waals surface area contributed by atoms with Crippen molar-refractivity contribution in [3.63, 3.8) is 0 Å². The third-order valence-electron chi connectivity index (χ3n) is 3.61. The SMILES string of the molecule is COC(=O)/C(=C\c1cccc(OC)c1)c1nc(-c2ccccc2)cs1. The highest BCUT2D eigenvalue weighted by atomic mass is 32.1. The molecule has 3 rings (SSSR count). The summed E-state index contributed by atoms with van der Waals surface area (Å²) >= 11 is 1.41. The van der Waals surface area contributed by atoms with Crippen molar-refractivity contribution in [1.29, 1.82) is 0 Å². The Morgan fingerprint density at radius 1 is 1.08 bits per heavy atom. The fourth-order valence-corrected chi connectivity index (χ4v) is 3.19. The first kappa shape index (κ1) is 16.9. The van der Waals surface area contributed by atoms with Crippen molar-refractivity contribution in [2.24, 2.45) is 0 Å². The molecule has 0 N–H and O–H groups in total. The second-order valence-electron chi connectivity index (χ2n) is 5.23. The minimum atomic E-state index is -0.420. The molecule has 0 aliphatic rings. The quantitative estimate of drug-likeness (QED) is 0.500. The Bertz CT molecular complexity index is 900. The van der Waals surface area contributed by atoms with Gasteiger partial charge < -0.3 is 9.47 Å². The van der Waals surface area contributed by atoms with Crippen LogP contribution in [0.1, 0.15) is 10.6 Å². The molecule has 5 heteroatoms. The third-order valence-corrected chi connectivity index (χ3v) is 4.49. The summed E-state index contributed by atoms with van der Waals surface area (Å²) in [6, 6.07) is 17.3. The molecular weight excluding hydrogens is 334 g/mol. The van der Waals surface area contributed by atoms with Crippen molar-refractivity contribution >= 4 is 29.0 Å². The Labute approximate surface area is 150 Å². The second-order valence-corrected chi connectivity index (χ2v) is 6.09. The van der Waals surface area contributed by atoms with Gasteiger partial charge in [0.2, 0.25) is 0 Å². The van der Waals surface area contributed by atoms with Crippen molar-refractivity contribution in [3.05, 3.63) is 70.5 Å². The molecule has 0 spiro atoms. The average Bonchev–Trinajstić information content (AvgIpc) is 3.16. The molecule has 4 nitrogen and oxygen atoms in total. The van der Waals surface area contributed by atoms with E-state index < -0.39 is 5.97 Å². The lowest BCUT2D eigenvalue weighted by Gasteiger charge is -2.04. The first-order chi connectivity index (χ1) is 12.2. The van der Waals surface area contributed by atoms with E-state index in [9.17, 15) is 4.79 Å². The summed E-state index contributed by atoms with van der Waals surface area (Å²) in [6.45, 7) is 0. The molecule has 0 aliphatic carbocycles. The van der Waals surface area contributed by atoms with Crippen molar-refractivity contribution in [2.75, 3.05) is 14.2 Å². The van der Waals surface area contributed by atoms with Gasteiger partial charge in [-0.1, -0.05) is 42.5 Å². The molecule has 0 unspecified atom stereocenters. The molecule has 0 saturated heterocycles. The monoisotopic (exact) mass is 351 g/mol. The number of carbonyl (C=O) groups excluding carboxylic acids is 1. The normalized spacial score (nSPS) is 11.2. The van der Waals surface area contributed by atoms with Crippen molar-refractivity contribution in [1.82, 2.24) is 4.98 Å². The van der Waals surface area contributed by atoms with Gasteiger partial charge in [-0.2, -0.15) is 0 Å². The predicted octanol–water partition coefficient (Wildman–Crippen LogP) is 4.53. The van der Waals surface area contributed by atoms with Crippen LogP contribution in [0.3, 0.4) is 0 Å².